The summed E-state index contributed by atoms with van der Waals surface area (Å²) < 4.78 is 24.9. The molecule has 5 heteroatoms. The summed E-state index contributed by atoms with van der Waals surface area (Å²) in [5, 5.41) is 0. The van der Waals surface area contributed by atoms with Gasteiger partial charge >= 0.3 is 5.97 Å². The summed E-state index contributed by atoms with van der Waals surface area (Å²) in [7, 11) is 0. The zero-order valence-electron chi connectivity index (χ0n) is 16.7. The molecule has 29 heavy (non-hydrogen) atoms. The van der Waals surface area contributed by atoms with Crippen LogP contribution < -0.4 is 4.74 Å². The summed E-state index contributed by atoms with van der Waals surface area (Å²) in [5.74, 6) is -0.167. The fourth-order valence-corrected chi connectivity index (χ4v) is 2.47. The van der Waals surface area contributed by atoms with Crippen LogP contribution in [0.1, 0.15) is 32.3 Å². The van der Waals surface area contributed by atoms with Gasteiger partial charge in [0.25, 0.3) is 0 Å². The molecule has 4 nitrogen and oxygen atoms in total. The third kappa shape index (κ3) is 7.37. The minimum atomic E-state index is -0.382. The molecule has 0 fully saturated rings. The molecular weight excluding hydrogens is 371 g/mol. The number of ether oxygens (including phenoxy) is 2. The van der Waals surface area contributed by atoms with Crippen molar-refractivity contribution >= 4 is 17.8 Å². The van der Waals surface area contributed by atoms with E-state index in [-0.39, 0.29) is 17.6 Å². The number of ketones is 1. The number of hydrogen-bond donors (Lipinski definition) is 0. The van der Waals surface area contributed by atoms with Crippen molar-refractivity contribution in [3.05, 3.63) is 72.1 Å². The summed E-state index contributed by atoms with van der Waals surface area (Å²) >= 11 is 0. The molecule has 2 rings (SSSR count). The average molecular weight is 396 g/mol. The van der Waals surface area contributed by atoms with E-state index in [0.717, 1.165) is 17.5 Å². The Morgan fingerprint density at radius 2 is 1.66 bits per heavy atom. The van der Waals surface area contributed by atoms with E-state index in [2.05, 4.69) is 6.58 Å². The maximum Gasteiger partial charge on any atom is 0.333 e. The molecule has 0 aliphatic carbocycles. The van der Waals surface area contributed by atoms with Crippen LogP contribution in [-0.2, 0) is 14.3 Å². The zero-order chi connectivity index (χ0) is 21.2. The van der Waals surface area contributed by atoms with E-state index in [1.807, 2.05) is 30.3 Å². The maximum atomic E-state index is 14.2. The van der Waals surface area contributed by atoms with Crippen molar-refractivity contribution in [2.24, 2.45) is 0 Å². The van der Waals surface area contributed by atoms with Crippen molar-refractivity contribution in [1.29, 1.82) is 0 Å². The van der Waals surface area contributed by atoms with Crippen LogP contribution in [0, 0.1) is 5.82 Å². The Kier molecular flexibility index (Phi) is 8.34. The second-order valence-corrected chi connectivity index (χ2v) is 6.68. The second kappa shape index (κ2) is 11.0. The SMILES string of the molecule is C=C(C)C(=O)OCCCCOc1ccc(-c2ccc(/C=C/C(C)=O)c(F)c2)cc1. The fraction of sp³-hybridized carbons (Fsp3) is 0.250. The van der Waals surface area contributed by atoms with Gasteiger partial charge in [0.15, 0.2) is 5.78 Å². The molecule has 0 unspecified atom stereocenters. The molecule has 0 saturated carbocycles. The van der Waals surface area contributed by atoms with Crippen molar-refractivity contribution in [3.63, 3.8) is 0 Å². The van der Waals surface area contributed by atoms with Gasteiger partial charge in [0.05, 0.1) is 13.2 Å². The van der Waals surface area contributed by atoms with E-state index in [1.165, 1.54) is 25.1 Å². The maximum absolute atomic E-state index is 14.2. The van der Waals surface area contributed by atoms with Crippen LogP contribution >= 0.6 is 0 Å². The van der Waals surface area contributed by atoms with Crippen LogP contribution in [0.15, 0.2) is 60.7 Å². The Bertz CT molecular complexity index is 898. The van der Waals surface area contributed by atoms with Gasteiger partial charge in [0, 0.05) is 11.1 Å². The fourth-order valence-electron chi connectivity index (χ4n) is 2.47. The topological polar surface area (TPSA) is 52.6 Å². The largest absolute Gasteiger partial charge is 0.494 e. The van der Waals surface area contributed by atoms with Crippen molar-refractivity contribution in [3.8, 4) is 16.9 Å². The van der Waals surface area contributed by atoms with E-state index >= 15 is 0 Å². The van der Waals surface area contributed by atoms with Crippen LogP contribution in [0.3, 0.4) is 0 Å². The van der Waals surface area contributed by atoms with E-state index in [1.54, 1.807) is 13.0 Å². The van der Waals surface area contributed by atoms with Crippen LogP contribution in [0.2, 0.25) is 0 Å². The Hall–Kier alpha value is -3.21. The minimum Gasteiger partial charge on any atom is -0.494 e. The third-order valence-corrected chi connectivity index (χ3v) is 4.07. The molecule has 0 aliphatic rings. The van der Waals surface area contributed by atoms with Crippen LogP contribution in [0.5, 0.6) is 5.75 Å². The average Bonchev–Trinajstić information content (AvgIpc) is 2.69. The summed E-state index contributed by atoms with van der Waals surface area (Å²) in [6, 6.07) is 12.3. The van der Waals surface area contributed by atoms with Crippen molar-refractivity contribution in [1.82, 2.24) is 0 Å². The number of unbranched alkanes of at least 4 members (excludes halogenated alkanes) is 1. The number of carbonyl (C=O) groups excluding carboxylic acids is 2. The van der Waals surface area contributed by atoms with Gasteiger partial charge in [-0.25, -0.2) is 9.18 Å². The number of hydrogen-bond acceptors (Lipinski definition) is 4. The quantitative estimate of drug-likeness (QED) is 0.308. The highest BCUT2D eigenvalue weighted by Crippen LogP contribution is 2.25. The summed E-state index contributed by atoms with van der Waals surface area (Å²) in [6.07, 6.45) is 4.28. The molecule has 2 aromatic rings. The first-order chi connectivity index (χ1) is 13.9. The van der Waals surface area contributed by atoms with Gasteiger partial charge in [-0.3, -0.25) is 4.79 Å². The molecule has 152 valence electrons. The van der Waals surface area contributed by atoms with Crippen molar-refractivity contribution in [2.45, 2.75) is 26.7 Å². The second-order valence-electron chi connectivity index (χ2n) is 6.68. The van der Waals surface area contributed by atoms with Crippen LogP contribution in [0.4, 0.5) is 4.39 Å². The highest BCUT2D eigenvalue weighted by atomic mass is 19.1. The first-order valence-corrected chi connectivity index (χ1v) is 9.41. The highest BCUT2D eigenvalue weighted by Gasteiger charge is 2.05. The monoisotopic (exact) mass is 396 g/mol. The molecule has 0 aromatic heterocycles. The lowest BCUT2D eigenvalue weighted by molar-refractivity contribution is -0.139. The molecule has 0 radical (unpaired) electrons. The predicted molar refractivity (Wildman–Crippen MR) is 112 cm³/mol. The first kappa shape index (κ1) is 22.1. The number of carbonyl (C=O) groups is 2. The number of allylic oxidation sites excluding steroid dienone is 1. The lowest BCUT2D eigenvalue weighted by atomic mass is 10.0. The molecule has 0 N–H and O–H groups in total. The van der Waals surface area contributed by atoms with Crippen molar-refractivity contribution in [2.75, 3.05) is 13.2 Å². The Morgan fingerprint density at radius 3 is 2.28 bits per heavy atom. The van der Waals surface area contributed by atoms with E-state index < -0.39 is 0 Å². The number of rotatable bonds is 10. The van der Waals surface area contributed by atoms with E-state index in [0.29, 0.717) is 36.5 Å². The van der Waals surface area contributed by atoms with Gasteiger partial charge in [-0.2, -0.15) is 0 Å². The zero-order valence-corrected chi connectivity index (χ0v) is 16.7. The third-order valence-electron chi connectivity index (χ3n) is 4.07. The normalized spacial score (nSPS) is 10.7. The van der Waals surface area contributed by atoms with Gasteiger partial charge in [-0.1, -0.05) is 30.8 Å². The molecule has 0 bridgehead atoms. The van der Waals surface area contributed by atoms with E-state index in [4.69, 9.17) is 9.47 Å². The van der Waals surface area contributed by atoms with Gasteiger partial charge < -0.3 is 9.47 Å². The smallest absolute Gasteiger partial charge is 0.333 e. The molecular formula is C24H25FO4. The van der Waals surface area contributed by atoms with Gasteiger partial charge in [0.2, 0.25) is 0 Å². The molecule has 0 saturated heterocycles. The van der Waals surface area contributed by atoms with Gasteiger partial charge in [-0.15, -0.1) is 0 Å². The predicted octanol–water partition coefficient (Wildman–Crippen LogP) is 5.37. The lowest BCUT2D eigenvalue weighted by Crippen LogP contribution is -2.07. The standard InChI is InChI=1S/C24H25FO4/c1-17(2)24(27)29-15-5-4-14-28-22-12-10-19(11-13-22)21-9-8-20(23(25)16-21)7-6-18(3)26/h6-13,16H,1,4-5,14-15H2,2-3H3/b7-6+. The van der Waals surface area contributed by atoms with Gasteiger partial charge in [0.1, 0.15) is 11.6 Å². The molecule has 0 atom stereocenters. The number of halogens is 1. The number of benzene rings is 2. The first-order valence-electron chi connectivity index (χ1n) is 9.41. The summed E-state index contributed by atoms with van der Waals surface area (Å²) in [6.45, 7) is 7.42. The summed E-state index contributed by atoms with van der Waals surface area (Å²) in [4.78, 5) is 22.2. The van der Waals surface area contributed by atoms with Gasteiger partial charge in [-0.05, 0) is 68.2 Å². The summed E-state index contributed by atoms with van der Waals surface area (Å²) in [5.41, 5.74) is 2.37. The van der Waals surface area contributed by atoms with E-state index in [9.17, 15) is 14.0 Å². The molecule has 2 aromatic carbocycles. The van der Waals surface area contributed by atoms with Crippen LogP contribution in [-0.4, -0.2) is 25.0 Å². The van der Waals surface area contributed by atoms with Crippen molar-refractivity contribution < 1.29 is 23.5 Å². The molecule has 0 heterocycles. The highest BCUT2D eigenvalue weighted by molar-refractivity contribution is 5.91. The lowest BCUT2D eigenvalue weighted by Gasteiger charge is -2.08. The Balaban J connectivity index is 1.84. The molecule has 0 spiro atoms. The minimum absolute atomic E-state index is 0.128. The molecule has 0 amide bonds. The van der Waals surface area contributed by atoms with Crippen LogP contribution in [0.25, 0.3) is 17.2 Å². The Morgan fingerprint density at radius 1 is 1.00 bits per heavy atom. The Labute approximate surface area is 170 Å². The number of esters is 1. The molecule has 0 aliphatic heterocycles.